The summed E-state index contributed by atoms with van der Waals surface area (Å²) in [7, 11) is 0. The SMILES string of the molecule is [C-]#[N+]c1ccc(-c2nc3c(-c4cc(-c5cc(C(=C)C)ccn5)cc(C(C)(C)C)c4)cccc3n2-c2cc(C(C)(C)C)cc(C(C)(C)C)c2)c(O)c1. The second-order valence-electron chi connectivity index (χ2n) is 16.8. The number of aromatic nitrogens is 3. The number of rotatable bonds is 5. The minimum Gasteiger partial charge on any atom is -0.509 e. The molecule has 2 heterocycles. The first-order chi connectivity index (χ1) is 23.8. The standard InChI is InChI=1S/C46H48N4O/c1-28(2)29-18-19-48-39(23-29)31-20-30(21-32(22-31)44(3,4)5)37-14-13-15-40-42(37)49-43(38-17-16-35(47-12)27-41(38)51)50(40)36-25-33(45(6,7)8)24-34(26-36)46(9,10)11/h13-27,51H,1H2,2-11H3. The number of aromatic hydroxyl groups is 1. The molecule has 0 aliphatic carbocycles. The maximum atomic E-state index is 11.4. The molecule has 2 aromatic heterocycles. The van der Waals surface area contributed by atoms with Crippen molar-refractivity contribution in [1.82, 2.24) is 14.5 Å². The molecule has 0 aliphatic heterocycles. The third kappa shape index (κ3) is 6.97. The molecule has 6 aromatic rings. The number of allylic oxidation sites excluding steroid dienone is 1. The lowest BCUT2D eigenvalue weighted by atomic mass is 9.80. The van der Waals surface area contributed by atoms with Crippen molar-refractivity contribution in [3.8, 4) is 45.2 Å². The van der Waals surface area contributed by atoms with Gasteiger partial charge in [-0.05, 0) is 99.5 Å². The first kappa shape index (κ1) is 35.4. The van der Waals surface area contributed by atoms with E-state index >= 15 is 0 Å². The molecule has 4 aromatic carbocycles. The molecular weight excluding hydrogens is 625 g/mol. The highest BCUT2D eigenvalue weighted by atomic mass is 16.3. The molecule has 0 radical (unpaired) electrons. The van der Waals surface area contributed by atoms with Crippen molar-refractivity contribution in [1.29, 1.82) is 0 Å². The number of nitrogens with zero attached hydrogens (tertiary/aromatic N) is 4. The van der Waals surface area contributed by atoms with Gasteiger partial charge in [0.05, 0.1) is 28.9 Å². The van der Waals surface area contributed by atoms with Crippen LogP contribution in [0.25, 0.3) is 60.9 Å². The van der Waals surface area contributed by atoms with Crippen LogP contribution in [0, 0.1) is 6.57 Å². The number of pyridine rings is 1. The largest absolute Gasteiger partial charge is 0.509 e. The topological polar surface area (TPSA) is 55.3 Å². The van der Waals surface area contributed by atoms with Crippen LogP contribution in [0.15, 0.2) is 97.7 Å². The van der Waals surface area contributed by atoms with Crippen LogP contribution in [0.2, 0.25) is 0 Å². The minimum atomic E-state index is -0.123. The van der Waals surface area contributed by atoms with E-state index in [0.717, 1.165) is 50.2 Å². The summed E-state index contributed by atoms with van der Waals surface area (Å²) in [4.78, 5) is 13.7. The smallest absolute Gasteiger partial charge is 0.190 e. The highest BCUT2D eigenvalue weighted by Gasteiger charge is 2.26. The number of fused-ring (bicyclic) bond motifs is 1. The zero-order chi connectivity index (χ0) is 37.0. The number of hydrogen-bond donors (Lipinski definition) is 1. The van der Waals surface area contributed by atoms with Crippen molar-refractivity contribution in [3.05, 3.63) is 131 Å². The quantitative estimate of drug-likeness (QED) is 0.185. The van der Waals surface area contributed by atoms with Gasteiger partial charge in [-0.2, -0.15) is 0 Å². The van der Waals surface area contributed by atoms with E-state index in [2.05, 4.69) is 139 Å². The molecule has 0 unspecified atom stereocenters. The molecule has 0 atom stereocenters. The zero-order valence-corrected chi connectivity index (χ0v) is 31.6. The molecule has 6 rings (SSSR count). The molecule has 0 aliphatic rings. The number of benzene rings is 4. The van der Waals surface area contributed by atoms with Crippen LogP contribution < -0.4 is 0 Å². The molecule has 0 saturated heterocycles. The van der Waals surface area contributed by atoms with Gasteiger partial charge in [0, 0.05) is 23.0 Å². The predicted octanol–water partition coefficient (Wildman–Crippen LogP) is 12.6. The Bertz CT molecular complexity index is 2330. The lowest BCUT2D eigenvalue weighted by Gasteiger charge is -2.27. The number of phenols is 1. The van der Waals surface area contributed by atoms with E-state index < -0.39 is 0 Å². The Balaban J connectivity index is 1.70. The molecule has 0 saturated carbocycles. The fourth-order valence-corrected chi connectivity index (χ4v) is 6.38. The minimum absolute atomic E-state index is 0.0186. The lowest BCUT2D eigenvalue weighted by Crippen LogP contribution is -2.17. The fraction of sp³-hybridized carbons (Fsp3) is 0.283. The monoisotopic (exact) mass is 672 g/mol. The number of phenolic OH excluding ortho intramolecular Hbond substituents is 1. The first-order valence-electron chi connectivity index (χ1n) is 17.5. The Morgan fingerprint density at radius 1 is 0.725 bits per heavy atom. The van der Waals surface area contributed by atoms with E-state index in [1.165, 1.54) is 22.8 Å². The zero-order valence-electron chi connectivity index (χ0n) is 31.6. The number of imidazole rings is 1. The van der Waals surface area contributed by atoms with Gasteiger partial charge in [0.25, 0.3) is 0 Å². The van der Waals surface area contributed by atoms with Crippen molar-refractivity contribution in [2.45, 2.75) is 85.5 Å². The number of hydrogen-bond acceptors (Lipinski definition) is 3. The highest BCUT2D eigenvalue weighted by molar-refractivity contribution is 5.97. The van der Waals surface area contributed by atoms with E-state index in [4.69, 9.17) is 16.5 Å². The summed E-state index contributed by atoms with van der Waals surface area (Å²) in [5.74, 6) is 0.630. The van der Waals surface area contributed by atoms with Crippen molar-refractivity contribution >= 4 is 22.3 Å². The average Bonchev–Trinajstić information content (AvgIpc) is 3.46. The van der Waals surface area contributed by atoms with Crippen molar-refractivity contribution in [2.75, 3.05) is 0 Å². The molecule has 5 heteroatoms. The summed E-state index contributed by atoms with van der Waals surface area (Å²) in [6, 6.07) is 29.0. The molecule has 1 N–H and O–H groups in total. The molecular formula is C46H48N4O. The normalized spacial score (nSPS) is 12.3. The molecule has 258 valence electrons. The van der Waals surface area contributed by atoms with Gasteiger partial charge in [0.2, 0.25) is 0 Å². The Kier molecular flexibility index (Phi) is 8.80. The summed E-state index contributed by atoms with van der Waals surface area (Å²) in [5, 5.41) is 11.4. The van der Waals surface area contributed by atoms with Crippen LogP contribution in [0.4, 0.5) is 5.69 Å². The molecule has 5 nitrogen and oxygen atoms in total. The predicted molar refractivity (Wildman–Crippen MR) is 214 cm³/mol. The van der Waals surface area contributed by atoms with Crippen LogP contribution in [0.1, 0.15) is 91.5 Å². The van der Waals surface area contributed by atoms with E-state index in [0.29, 0.717) is 17.1 Å². The van der Waals surface area contributed by atoms with Crippen LogP contribution >= 0.6 is 0 Å². The summed E-state index contributed by atoms with van der Waals surface area (Å²) in [5.41, 5.74) is 12.9. The third-order valence-electron chi connectivity index (χ3n) is 9.60. The maximum absolute atomic E-state index is 11.4. The fourth-order valence-electron chi connectivity index (χ4n) is 6.38. The van der Waals surface area contributed by atoms with Gasteiger partial charge in [0.15, 0.2) is 5.69 Å². The Hall–Kier alpha value is -5.47. The molecule has 0 spiro atoms. The van der Waals surface area contributed by atoms with Crippen LogP contribution in [0.5, 0.6) is 5.75 Å². The molecule has 0 bridgehead atoms. The van der Waals surface area contributed by atoms with Gasteiger partial charge >= 0.3 is 0 Å². The van der Waals surface area contributed by atoms with Crippen LogP contribution in [-0.4, -0.2) is 19.6 Å². The summed E-state index contributed by atoms with van der Waals surface area (Å²) in [6.07, 6.45) is 1.85. The van der Waals surface area contributed by atoms with Crippen molar-refractivity contribution in [3.63, 3.8) is 0 Å². The summed E-state index contributed by atoms with van der Waals surface area (Å²) in [6.45, 7) is 33.8. The Morgan fingerprint density at radius 2 is 1.35 bits per heavy atom. The average molecular weight is 673 g/mol. The van der Waals surface area contributed by atoms with Gasteiger partial charge < -0.3 is 5.11 Å². The highest BCUT2D eigenvalue weighted by Crippen LogP contribution is 2.42. The molecule has 0 fully saturated rings. The second-order valence-corrected chi connectivity index (χ2v) is 16.8. The lowest BCUT2D eigenvalue weighted by molar-refractivity contribution is 0.477. The molecule has 0 amide bonds. The second kappa shape index (κ2) is 12.7. The Labute approximate surface area is 303 Å². The molecule has 51 heavy (non-hydrogen) atoms. The summed E-state index contributed by atoms with van der Waals surface area (Å²) >= 11 is 0. The maximum Gasteiger partial charge on any atom is 0.190 e. The Morgan fingerprint density at radius 3 is 1.94 bits per heavy atom. The van der Waals surface area contributed by atoms with Crippen molar-refractivity contribution in [2.24, 2.45) is 0 Å². The van der Waals surface area contributed by atoms with Gasteiger partial charge in [-0.25, -0.2) is 9.83 Å². The van der Waals surface area contributed by atoms with Crippen LogP contribution in [-0.2, 0) is 16.2 Å². The first-order valence-corrected chi connectivity index (χ1v) is 17.5. The summed E-state index contributed by atoms with van der Waals surface area (Å²) < 4.78 is 2.17. The van der Waals surface area contributed by atoms with E-state index in [1.807, 2.05) is 19.2 Å². The van der Waals surface area contributed by atoms with Crippen LogP contribution in [0.3, 0.4) is 0 Å². The van der Waals surface area contributed by atoms with Gasteiger partial charge in [-0.1, -0.05) is 111 Å². The van der Waals surface area contributed by atoms with E-state index in [9.17, 15) is 5.11 Å². The van der Waals surface area contributed by atoms with Gasteiger partial charge in [-0.3, -0.25) is 9.55 Å². The van der Waals surface area contributed by atoms with Gasteiger partial charge in [0.1, 0.15) is 11.6 Å². The van der Waals surface area contributed by atoms with E-state index in [1.54, 1.807) is 12.1 Å². The van der Waals surface area contributed by atoms with E-state index in [-0.39, 0.29) is 22.0 Å². The van der Waals surface area contributed by atoms with Gasteiger partial charge in [-0.15, -0.1) is 0 Å². The third-order valence-corrected chi connectivity index (χ3v) is 9.60. The number of para-hydroxylation sites is 1. The van der Waals surface area contributed by atoms with Crippen molar-refractivity contribution < 1.29 is 5.11 Å².